The number of hydrogen-bond donors (Lipinski definition) is 2. The van der Waals surface area contributed by atoms with Crippen LogP contribution in [0.3, 0.4) is 0 Å². The zero-order chi connectivity index (χ0) is 20.9. The normalized spacial score (nSPS) is 19.1. The van der Waals surface area contributed by atoms with Crippen LogP contribution in [0.25, 0.3) is 0 Å². The van der Waals surface area contributed by atoms with Crippen LogP contribution < -0.4 is 15.5 Å². The maximum absolute atomic E-state index is 7.57. The van der Waals surface area contributed by atoms with E-state index < -0.39 is 20.9 Å². The van der Waals surface area contributed by atoms with Crippen LogP contribution in [0, 0.1) is 0 Å². The van der Waals surface area contributed by atoms with Crippen molar-refractivity contribution >= 4 is 68.5 Å². The number of halogens is 2. The van der Waals surface area contributed by atoms with E-state index in [9.17, 15) is 0 Å². The Balaban J connectivity index is 0.00000225. The third-order valence-electron chi connectivity index (χ3n) is 2.84. The largest absolute Gasteiger partial charge is 0.388 e. The van der Waals surface area contributed by atoms with Crippen molar-refractivity contribution < 1.29 is 12.3 Å². The molecule has 0 radical (unpaired) electrons. The maximum Gasteiger partial charge on any atom is 0.0527 e. The molecule has 1 heterocycles. The molecule has 0 spiro atoms. The number of rotatable bonds is 2. The van der Waals surface area contributed by atoms with Crippen molar-refractivity contribution in [3.63, 3.8) is 0 Å². The molecular weight excluding hydrogens is 414 g/mol. The molecule has 21 heavy (non-hydrogen) atoms. The van der Waals surface area contributed by atoms with Crippen molar-refractivity contribution in [2.75, 3.05) is 36.5 Å². The van der Waals surface area contributed by atoms with Gasteiger partial charge in [0.05, 0.1) is 11.4 Å². The highest BCUT2D eigenvalue weighted by Gasteiger charge is 2.16. The summed E-state index contributed by atoms with van der Waals surface area (Å²) in [5.74, 6) is 0. The van der Waals surface area contributed by atoms with Crippen LogP contribution in [-0.4, -0.2) is 20.9 Å². The summed E-state index contributed by atoms with van der Waals surface area (Å²) in [5, 5.41) is 5.61. The van der Waals surface area contributed by atoms with Crippen molar-refractivity contribution in [3.8, 4) is 0 Å². The highest BCUT2D eigenvalue weighted by Crippen LogP contribution is 2.46. The van der Waals surface area contributed by atoms with E-state index in [2.05, 4.69) is 10.6 Å². The minimum atomic E-state index is -2.83. The molecule has 2 aromatic carbocycles. The van der Waals surface area contributed by atoms with Gasteiger partial charge in [-0.25, -0.2) is 0 Å². The van der Waals surface area contributed by atoms with Gasteiger partial charge in [-0.2, -0.15) is 0 Å². The molecule has 0 aromatic heterocycles. The second-order valence-corrected chi connectivity index (χ2v) is 5.16. The molecule has 3 rings (SSSR count). The van der Waals surface area contributed by atoms with E-state index in [4.69, 9.17) is 12.3 Å². The molecule has 0 aliphatic carbocycles. The van der Waals surface area contributed by atoms with Gasteiger partial charge in [-0.1, -0.05) is 11.8 Å². The zero-order valence-electron chi connectivity index (χ0n) is 19.6. The van der Waals surface area contributed by atoms with Crippen molar-refractivity contribution in [1.82, 2.24) is 0 Å². The third-order valence-corrected chi connectivity index (χ3v) is 3.95. The summed E-state index contributed by atoms with van der Waals surface area (Å²) in [6.45, 7) is -7.99. The van der Waals surface area contributed by atoms with E-state index in [-0.39, 0.29) is 39.7 Å². The van der Waals surface area contributed by atoms with Gasteiger partial charge < -0.3 is 15.5 Å². The predicted octanol–water partition coefficient (Wildman–Crippen LogP) is 5.16. The summed E-state index contributed by atoms with van der Waals surface area (Å²) in [5.41, 5.74) is 1.94. The van der Waals surface area contributed by atoms with Gasteiger partial charge in [0, 0.05) is 54.4 Å². The van der Waals surface area contributed by atoms with Gasteiger partial charge in [-0.15, -0.1) is 34.0 Å². The Kier molecular flexibility index (Phi) is 3.07. The lowest BCUT2D eigenvalue weighted by atomic mass is 10.2. The van der Waals surface area contributed by atoms with E-state index in [1.165, 1.54) is 23.9 Å². The molecule has 0 unspecified atom stereocenters. The minimum absolute atomic E-state index is 0. The summed E-state index contributed by atoms with van der Waals surface area (Å²) in [6.07, 6.45) is 0. The molecule has 1 aliphatic rings. The summed E-state index contributed by atoms with van der Waals surface area (Å²) in [7, 11) is 0. The van der Waals surface area contributed by atoms with Gasteiger partial charge in [0.1, 0.15) is 0 Å². The van der Waals surface area contributed by atoms with Gasteiger partial charge in [0.15, 0.2) is 0 Å². The number of hydrogen-bond acceptors (Lipinski definition) is 4. The SMILES string of the molecule is Br.Br.[2H]C([2H])([2H])Nc1ccc2c(c1)Sc1cc(N(C([2H])([2H])[2H])C([2H])([2H])[2H])ccc1N2. The number of nitrogens with zero attached hydrogens (tertiary/aromatic N) is 1. The fourth-order valence-corrected chi connectivity index (χ4v) is 2.95. The summed E-state index contributed by atoms with van der Waals surface area (Å²) >= 11 is 1.30. The van der Waals surface area contributed by atoms with Crippen LogP contribution in [0.1, 0.15) is 12.3 Å². The molecule has 0 saturated carbocycles. The highest BCUT2D eigenvalue weighted by molar-refractivity contribution is 8.93. The van der Waals surface area contributed by atoms with Crippen LogP contribution >= 0.6 is 45.7 Å². The average molecular weight is 442 g/mol. The first-order valence-electron chi connectivity index (χ1n) is 10.1. The van der Waals surface area contributed by atoms with Gasteiger partial charge in [0.25, 0.3) is 0 Å². The zero-order valence-corrected chi connectivity index (χ0v) is 14.9. The Morgan fingerprint density at radius 1 is 1.05 bits per heavy atom. The quantitative estimate of drug-likeness (QED) is 0.574. The molecule has 6 heteroatoms. The van der Waals surface area contributed by atoms with Gasteiger partial charge in [0.2, 0.25) is 0 Å². The van der Waals surface area contributed by atoms with Crippen LogP contribution in [0.2, 0.25) is 0 Å². The van der Waals surface area contributed by atoms with E-state index in [0.717, 1.165) is 10.6 Å². The number of fused-ring (bicyclic) bond motifs is 2. The number of nitrogens with one attached hydrogen (secondary N) is 2. The monoisotopic (exact) mass is 440 g/mol. The van der Waals surface area contributed by atoms with Crippen LogP contribution in [0.4, 0.5) is 22.7 Å². The smallest absolute Gasteiger partial charge is 0.0527 e. The Labute approximate surface area is 163 Å². The molecular formula is C15H19Br2N3S. The highest BCUT2D eigenvalue weighted by atomic mass is 79.9. The minimum Gasteiger partial charge on any atom is -0.388 e. The van der Waals surface area contributed by atoms with Crippen LogP contribution in [0.5, 0.6) is 0 Å². The first-order valence-corrected chi connectivity index (χ1v) is 6.37. The standard InChI is InChI=1S/C15H17N3S.2BrH/c1-16-10-4-6-12-14(8-10)19-15-9-11(18(2)3)5-7-13(15)17-12;;/h4-9,16-17H,1-3H3;2*1H/i1D3,2D3,3D3;;. The summed E-state index contributed by atoms with van der Waals surface area (Å²) in [6, 6.07) is 9.62. The van der Waals surface area contributed by atoms with E-state index >= 15 is 0 Å². The maximum atomic E-state index is 7.57. The van der Waals surface area contributed by atoms with Crippen molar-refractivity contribution in [3.05, 3.63) is 36.4 Å². The fourth-order valence-electron chi connectivity index (χ4n) is 1.89. The molecule has 3 nitrogen and oxygen atoms in total. The predicted molar refractivity (Wildman–Crippen MR) is 105 cm³/mol. The molecule has 2 N–H and O–H groups in total. The molecule has 0 saturated heterocycles. The topological polar surface area (TPSA) is 27.3 Å². The van der Waals surface area contributed by atoms with E-state index in [1.807, 2.05) is 0 Å². The van der Waals surface area contributed by atoms with Crippen molar-refractivity contribution in [2.24, 2.45) is 0 Å². The van der Waals surface area contributed by atoms with Gasteiger partial charge >= 0.3 is 0 Å². The lowest BCUT2D eigenvalue weighted by Crippen LogP contribution is -2.09. The van der Waals surface area contributed by atoms with Crippen LogP contribution in [0.15, 0.2) is 46.2 Å². The van der Waals surface area contributed by atoms with Gasteiger partial charge in [-0.05, 0) is 36.4 Å². The Morgan fingerprint density at radius 2 is 1.76 bits per heavy atom. The molecule has 114 valence electrons. The molecule has 1 aliphatic heterocycles. The molecule has 0 fully saturated rings. The Bertz CT molecular complexity index is 886. The molecule has 0 atom stereocenters. The lowest BCUT2D eigenvalue weighted by molar-refractivity contribution is 1.12. The molecule has 2 aromatic rings. The molecule has 0 bridgehead atoms. The summed E-state index contributed by atoms with van der Waals surface area (Å²) < 4.78 is 67.3. The third kappa shape index (κ3) is 3.67. The molecule has 0 amide bonds. The van der Waals surface area contributed by atoms with Crippen molar-refractivity contribution in [2.45, 2.75) is 9.79 Å². The summed E-state index contributed by atoms with van der Waals surface area (Å²) in [4.78, 5) is 1.80. The first-order chi connectivity index (χ1) is 12.7. The van der Waals surface area contributed by atoms with Crippen molar-refractivity contribution in [1.29, 1.82) is 0 Å². The lowest BCUT2D eigenvalue weighted by Gasteiger charge is -2.23. The Hall–Kier alpha value is -0.850. The van der Waals surface area contributed by atoms with Gasteiger partial charge in [-0.3, -0.25) is 0 Å². The number of benzene rings is 2. The van der Waals surface area contributed by atoms with E-state index in [1.54, 1.807) is 24.3 Å². The fraction of sp³-hybridized carbons (Fsp3) is 0.200. The average Bonchev–Trinajstić information content (AvgIpc) is 2.48. The van der Waals surface area contributed by atoms with E-state index in [0.29, 0.717) is 21.2 Å². The second kappa shape index (κ2) is 7.42. The Morgan fingerprint density at radius 3 is 2.48 bits per heavy atom. The second-order valence-electron chi connectivity index (χ2n) is 4.08. The number of anilines is 4. The first kappa shape index (κ1) is 8.70. The van der Waals surface area contributed by atoms with Crippen LogP contribution in [-0.2, 0) is 0 Å².